The Bertz CT molecular complexity index is 1360. The van der Waals surface area contributed by atoms with Crippen LogP contribution in [0.1, 0.15) is 16.9 Å². The molecule has 0 aliphatic heterocycles. The fourth-order valence-corrected chi connectivity index (χ4v) is 5.02. The molecule has 9 heteroatoms. The van der Waals surface area contributed by atoms with Crippen molar-refractivity contribution < 1.29 is 4.42 Å². The predicted octanol–water partition coefficient (Wildman–Crippen LogP) is 4.88. The SMILES string of the molecule is Cc1cc(Sc2nnc(NCc3ccco3)s2)n2c(nc3ccccc32)c1C#N. The molecule has 0 aliphatic rings. The molecule has 29 heavy (non-hydrogen) atoms. The van der Waals surface area contributed by atoms with E-state index in [0.717, 1.165) is 36.9 Å². The van der Waals surface area contributed by atoms with Crippen LogP contribution in [0, 0.1) is 18.3 Å². The largest absolute Gasteiger partial charge is 0.467 e. The lowest BCUT2D eigenvalue weighted by Gasteiger charge is -2.08. The van der Waals surface area contributed by atoms with Crippen molar-refractivity contribution >= 4 is 44.9 Å². The van der Waals surface area contributed by atoms with Crippen LogP contribution in [-0.4, -0.2) is 19.6 Å². The number of para-hydroxylation sites is 2. The second kappa shape index (κ2) is 7.24. The van der Waals surface area contributed by atoms with Gasteiger partial charge in [0.25, 0.3) is 0 Å². The van der Waals surface area contributed by atoms with Crippen LogP contribution in [0.5, 0.6) is 0 Å². The molecule has 1 aromatic carbocycles. The van der Waals surface area contributed by atoms with Crippen molar-refractivity contribution in [3.63, 3.8) is 0 Å². The Kier molecular flexibility index (Phi) is 4.42. The van der Waals surface area contributed by atoms with Crippen molar-refractivity contribution in [3.05, 3.63) is 65.6 Å². The number of furan rings is 1. The number of hydrogen-bond acceptors (Lipinski definition) is 8. The first-order valence-electron chi connectivity index (χ1n) is 8.81. The Morgan fingerprint density at radius 3 is 2.97 bits per heavy atom. The molecule has 5 aromatic rings. The monoisotopic (exact) mass is 418 g/mol. The number of hydrogen-bond donors (Lipinski definition) is 1. The molecule has 0 saturated heterocycles. The van der Waals surface area contributed by atoms with E-state index in [4.69, 9.17) is 4.42 Å². The van der Waals surface area contributed by atoms with E-state index in [1.807, 2.05) is 53.8 Å². The minimum Gasteiger partial charge on any atom is -0.467 e. The molecule has 7 nitrogen and oxygen atoms in total. The van der Waals surface area contributed by atoms with E-state index < -0.39 is 0 Å². The van der Waals surface area contributed by atoms with E-state index in [2.05, 4.69) is 26.6 Å². The fraction of sp³-hybridized carbons (Fsp3) is 0.100. The summed E-state index contributed by atoms with van der Waals surface area (Å²) in [7, 11) is 0. The van der Waals surface area contributed by atoms with E-state index in [9.17, 15) is 5.26 Å². The van der Waals surface area contributed by atoms with Crippen LogP contribution in [0.15, 0.2) is 62.5 Å². The first kappa shape index (κ1) is 17.7. The van der Waals surface area contributed by atoms with Crippen LogP contribution in [-0.2, 0) is 6.54 Å². The highest BCUT2D eigenvalue weighted by Gasteiger charge is 2.17. The van der Waals surface area contributed by atoms with Gasteiger partial charge in [0.05, 0.1) is 34.4 Å². The van der Waals surface area contributed by atoms with E-state index in [-0.39, 0.29) is 0 Å². The third kappa shape index (κ3) is 3.22. The lowest BCUT2D eigenvalue weighted by molar-refractivity contribution is 0.518. The Labute approximate surface area is 174 Å². The van der Waals surface area contributed by atoms with Gasteiger partial charge in [0, 0.05) is 0 Å². The highest BCUT2D eigenvalue weighted by molar-refractivity contribution is 8.01. The number of nitrogens with one attached hydrogen (secondary N) is 1. The van der Waals surface area contributed by atoms with Crippen LogP contribution < -0.4 is 5.32 Å². The summed E-state index contributed by atoms with van der Waals surface area (Å²) in [6.45, 7) is 2.48. The predicted molar refractivity (Wildman–Crippen MR) is 112 cm³/mol. The van der Waals surface area contributed by atoms with Crippen LogP contribution in [0.25, 0.3) is 16.7 Å². The minimum absolute atomic E-state index is 0.554. The van der Waals surface area contributed by atoms with Crippen molar-refractivity contribution in [1.82, 2.24) is 19.6 Å². The second-order valence-corrected chi connectivity index (χ2v) is 8.57. The lowest BCUT2D eigenvalue weighted by atomic mass is 10.2. The van der Waals surface area contributed by atoms with E-state index >= 15 is 0 Å². The Balaban J connectivity index is 1.51. The van der Waals surface area contributed by atoms with Gasteiger partial charge in [-0.25, -0.2) is 4.98 Å². The molecule has 0 spiro atoms. The van der Waals surface area contributed by atoms with Gasteiger partial charge in [0.2, 0.25) is 5.13 Å². The molecule has 0 atom stereocenters. The van der Waals surface area contributed by atoms with E-state index in [1.165, 1.54) is 23.1 Å². The number of aromatic nitrogens is 4. The zero-order valence-electron chi connectivity index (χ0n) is 15.3. The maximum atomic E-state index is 9.62. The van der Waals surface area contributed by atoms with Crippen molar-refractivity contribution in [2.75, 3.05) is 5.32 Å². The number of aryl methyl sites for hydroxylation is 1. The molecular formula is C20H14N6OS2. The maximum absolute atomic E-state index is 9.62. The van der Waals surface area contributed by atoms with Crippen molar-refractivity contribution in [2.24, 2.45) is 0 Å². The van der Waals surface area contributed by atoms with Gasteiger partial charge in [-0.1, -0.05) is 23.5 Å². The van der Waals surface area contributed by atoms with Gasteiger partial charge in [-0.3, -0.25) is 4.40 Å². The number of anilines is 1. The summed E-state index contributed by atoms with van der Waals surface area (Å²) < 4.78 is 8.14. The lowest BCUT2D eigenvalue weighted by Crippen LogP contribution is -1.97. The molecule has 5 rings (SSSR count). The van der Waals surface area contributed by atoms with Gasteiger partial charge in [-0.15, -0.1) is 10.2 Å². The van der Waals surface area contributed by atoms with Gasteiger partial charge in [0.15, 0.2) is 9.99 Å². The molecule has 4 aromatic heterocycles. The summed E-state index contributed by atoms with van der Waals surface area (Å²) in [6, 6.07) is 15.9. The zero-order valence-corrected chi connectivity index (χ0v) is 16.9. The molecule has 0 aliphatic carbocycles. The fourth-order valence-electron chi connectivity index (χ4n) is 3.12. The molecule has 0 bridgehead atoms. The molecule has 4 heterocycles. The average Bonchev–Trinajstić information content (AvgIpc) is 3.46. The summed E-state index contributed by atoms with van der Waals surface area (Å²) >= 11 is 2.98. The van der Waals surface area contributed by atoms with Crippen LogP contribution >= 0.6 is 23.1 Å². The van der Waals surface area contributed by atoms with E-state index in [1.54, 1.807) is 6.26 Å². The molecule has 1 N–H and O–H groups in total. The summed E-state index contributed by atoms with van der Waals surface area (Å²) in [4.78, 5) is 4.68. The highest BCUT2D eigenvalue weighted by Crippen LogP contribution is 2.35. The first-order valence-corrected chi connectivity index (χ1v) is 10.4. The topological polar surface area (TPSA) is 92.0 Å². The third-order valence-electron chi connectivity index (χ3n) is 4.44. The number of pyridine rings is 1. The quantitative estimate of drug-likeness (QED) is 0.435. The van der Waals surface area contributed by atoms with Crippen LogP contribution in [0.3, 0.4) is 0 Å². The number of rotatable bonds is 5. The first-order chi connectivity index (χ1) is 14.2. The number of fused-ring (bicyclic) bond motifs is 3. The molecule has 0 radical (unpaired) electrons. The van der Waals surface area contributed by atoms with Crippen LogP contribution in [0.4, 0.5) is 5.13 Å². The Morgan fingerprint density at radius 1 is 1.24 bits per heavy atom. The smallest absolute Gasteiger partial charge is 0.206 e. The zero-order chi connectivity index (χ0) is 19.8. The standard InChI is InChI=1S/C20H14N6OS2/c1-12-9-17(26-16-7-3-2-6-15(16)23-18(26)14(12)10-21)28-20-25-24-19(29-20)22-11-13-5-4-8-27-13/h2-9H,11H2,1H3,(H,22,24). The van der Waals surface area contributed by atoms with Gasteiger partial charge in [-0.05, 0) is 54.6 Å². The Morgan fingerprint density at radius 2 is 2.14 bits per heavy atom. The van der Waals surface area contributed by atoms with Gasteiger partial charge in [0.1, 0.15) is 11.8 Å². The molecular weight excluding hydrogens is 404 g/mol. The van der Waals surface area contributed by atoms with Crippen molar-refractivity contribution in [1.29, 1.82) is 5.26 Å². The van der Waals surface area contributed by atoms with Gasteiger partial charge < -0.3 is 9.73 Å². The van der Waals surface area contributed by atoms with Crippen LogP contribution in [0.2, 0.25) is 0 Å². The van der Waals surface area contributed by atoms with Crippen molar-refractivity contribution in [3.8, 4) is 6.07 Å². The van der Waals surface area contributed by atoms with Crippen molar-refractivity contribution in [2.45, 2.75) is 22.8 Å². The molecule has 0 saturated carbocycles. The number of imidazole rings is 1. The van der Waals surface area contributed by atoms with Gasteiger partial charge in [-0.2, -0.15) is 5.26 Å². The molecule has 0 unspecified atom stereocenters. The summed E-state index contributed by atoms with van der Waals surface area (Å²) in [6.07, 6.45) is 1.65. The summed E-state index contributed by atoms with van der Waals surface area (Å²) in [5.41, 5.74) is 3.95. The minimum atomic E-state index is 0.554. The second-order valence-electron chi connectivity index (χ2n) is 6.32. The average molecular weight is 419 g/mol. The molecule has 0 fully saturated rings. The summed E-state index contributed by atoms with van der Waals surface area (Å²) in [5, 5.41) is 23.0. The molecule has 142 valence electrons. The van der Waals surface area contributed by atoms with Gasteiger partial charge >= 0.3 is 0 Å². The van der Waals surface area contributed by atoms with E-state index in [0.29, 0.717) is 17.8 Å². The third-order valence-corrected chi connectivity index (χ3v) is 6.38. The summed E-state index contributed by atoms with van der Waals surface area (Å²) in [5.74, 6) is 0.837. The normalized spacial score (nSPS) is 11.2. The highest BCUT2D eigenvalue weighted by atomic mass is 32.2. The number of benzene rings is 1. The Hall–Kier alpha value is -3.35. The molecule has 0 amide bonds. The number of nitrogens with zero attached hydrogens (tertiary/aromatic N) is 5. The maximum Gasteiger partial charge on any atom is 0.206 e. The number of nitriles is 1.